The molecule has 3 nitrogen and oxygen atoms in total. The highest BCUT2D eigenvalue weighted by Gasteiger charge is 2.25. The molecule has 1 unspecified atom stereocenters. The first-order chi connectivity index (χ1) is 9.75. The van der Waals surface area contributed by atoms with Crippen LogP contribution < -0.4 is 5.32 Å². The molecule has 0 aliphatic heterocycles. The lowest BCUT2D eigenvalue weighted by molar-refractivity contribution is -0.127. The summed E-state index contributed by atoms with van der Waals surface area (Å²) in [6.07, 6.45) is 2.45. The van der Waals surface area contributed by atoms with Crippen LogP contribution >= 0.6 is 0 Å². The Morgan fingerprint density at radius 1 is 1.20 bits per heavy atom. The van der Waals surface area contributed by atoms with Gasteiger partial charge in [0.2, 0.25) is 5.91 Å². The average Bonchev–Trinajstić information content (AvgIpc) is 2.42. The Balaban J connectivity index is 1.72. The molecule has 0 aromatic heterocycles. The molecule has 1 saturated carbocycles. The fourth-order valence-corrected chi connectivity index (χ4v) is 2.66. The molecule has 2 N–H and O–H groups in total. The number of aliphatic hydroxyl groups is 1. The molecule has 2 aromatic rings. The summed E-state index contributed by atoms with van der Waals surface area (Å²) in [6, 6.07) is 13.9. The van der Waals surface area contributed by atoms with Crippen molar-refractivity contribution in [3.8, 4) is 0 Å². The van der Waals surface area contributed by atoms with Crippen molar-refractivity contribution in [3.63, 3.8) is 0 Å². The van der Waals surface area contributed by atoms with E-state index in [-0.39, 0.29) is 18.4 Å². The molecule has 1 amide bonds. The third-order valence-corrected chi connectivity index (χ3v) is 4.13. The molecule has 1 atom stereocenters. The van der Waals surface area contributed by atoms with Crippen LogP contribution in [-0.2, 0) is 4.79 Å². The summed E-state index contributed by atoms with van der Waals surface area (Å²) in [5.74, 6) is 0.241. The first kappa shape index (κ1) is 13.1. The average molecular weight is 269 g/mol. The van der Waals surface area contributed by atoms with Gasteiger partial charge in [-0.1, -0.05) is 48.9 Å². The molecule has 2 aromatic carbocycles. The van der Waals surface area contributed by atoms with Crippen LogP contribution in [0.5, 0.6) is 0 Å². The predicted octanol–water partition coefficient (Wildman–Crippen LogP) is 2.79. The van der Waals surface area contributed by atoms with E-state index in [0.717, 1.165) is 35.6 Å². The van der Waals surface area contributed by atoms with Crippen molar-refractivity contribution in [1.82, 2.24) is 5.32 Å². The minimum atomic E-state index is -0.662. The van der Waals surface area contributed by atoms with Gasteiger partial charge < -0.3 is 10.4 Å². The van der Waals surface area contributed by atoms with E-state index in [1.165, 1.54) is 0 Å². The standard InChI is InChI=1S/C17H19NO2/c19-16(11-18-17(20)13-7-3-8-13)15-10-4-6-12-5-1-2-9-14(12)15/h1-2,4-6,9-10,13,16,19H,3,7-8,11H2,(H,18,20). The van der Waals surface area contributed by atoms with E-state index < -0.39 is 6.10 Å². The van der Waals surface area contributed by atoms with Gasteiger partial charge in [0.15, 0.2) is 0 Å². The van der Waals surface area contributed by atoms with Gasteiger partial charge in [0.25, 0.3) is 0 Å². The second kappa shape index (κ2) is 5.63. The SMILES string of the molecule is O=C(NCC(O)c1cccc2ccccc12)C1CCC1. The minimum absolute atomic E-state index is 0.0792. The van der Waals surface area contributed by atoms with Gasteiger partial charge in [-0.3, -0.25) is 4.79 Å². The molecule has 1 aliphatic rings. The zero-order valence-corrected chi connectivity index (χ0v) is 11.4. The smallest absolute Gasteiger partial charge is 0.223 e. The lowest BCUT2D eigenvalue weighted by atomic mass is 9.85. The lowest BCUT2D eigenvalue weighted by Gasteiger charge is -2.25. The summed E-state index contributed by atoms with van der Waals surface area (Å²) in [7, 11) is 0. The molecule has 1 fully saturated rings. The van der Waals surface area contributed by atoms with Crippen molar-refractivity contribution in [2.75, 3.05) is 6.54 Å². The summed E-state index contributed by atoms with van der Waals surface area (Å²) in [6.45, 7) is 0.281. The molecule has 0 radical (unpaired) electrons. The van der Waals surface area contributed by atoms with Crippen LogP contribution in [0.2, 0.25) is 0 Å². The topological polar surface area (TPSA) is 49.3 Å². The van der Waals surface area contributed by atoms with Gasteiger partial charge in [0.05, 0.1) is 6.10 Å². The van der Waals surface area contributed by atoms with Gasteiger partial charge in [0.1, 0.15) is 0 Å². The van der Waals surface area contributed by atoms with Crippen LogP contribution in [0, 0.1) is 5.92 Å². The molecule has 20 heavy (non-hydrogen) atoms. The van der Waals surface area contributed by atoms with E-state index in [9.17, 15) is 9.90 Å². The lowest BCUT2D eigenvalue weighted by Crippen LogP contribution is -2.36. The molecule has 0 saturated heterocycles. The summed E-state index contributed by atoms with van der Waals surface area (Å²) in [5, 5.41) is 15.3. The van der Waals surface area contributed by atoms with Crippen molar-refractivity contribution >= 4 is 16.7 Å². The van der Waals surface area contributed by atoms with E-state index in [0.29, 0.717) is 0 Å². The third kappa shape index (κ3) is 2.54. The number of hydrogen-bond donors (Lipinski definition) is 2. The Morgan fingerprint density at radius 2 is 1.95 bits per heavy atom. The van der Waals surface area contributed by atoms with Gasteiger partial charge in [0, 0.05) is 12.5 Å². The highest BCUT2D eigenvalue weighted by Crippen LogP contribution is 2.27. The van der Waals surface area contributed by atoms with Gasteiger partial charge in [-0.15, -0.1) is 0 Å². The van der Waals surface area contributed by atoms with Crippen molar-refractivity contribution in [3.05, 3.63) is 48.0 Å². The zero-order valence-electron chi connectivity index (χ0n) is 11.4. The number of nitrogens with one attached hydrogen (secondary N) is 1. The predicted molar refractivity (Wildman–Crippen MR) is 79.3 cm³/mol. The van der Waals surface area contributed by atoms with Gasteiger partial charge >= 0.3 is 0 Å². The summed E-state index contributed by atoms with van der Waals surface area (Å²) < 4.78 is 0. The van der Waals surface area contributed by atoms with Crippen LogP contribution in [-0.4, -0.2) is 17.6 Å². The Morgan fingerprint density at radius 3 is 2.70 bits per heavy atom. The van der Waals surface area contributed by atoms with Crippen molar-refractivity contribution in [2.24, 2.45) is 5.92 Å². The fourth-order valence-electron chi connectivity index (χ4n) is 2.66. The van der Waals surface area contributed by atoms with Gasteiger partial charge in [-0.2, -0.15) is 0 Å². The molecule has 0 spiro atoms. The largest absolute Gasteiger partial charge is 0.387 e. The maximum atomic E-state index is 11.8. The third-order valence-electron chi connectivity index (χ3n) is 4.13. The number of carbonyl (C=O) groups is 1. The van der Waals surface area contributed by atoms with Crippen LogP contribution in [0.3, 0.4) is 0 Å². The number of fused-ring (bicyclic) bond motifs is 1. The number of hydrogen-bond acceptors (Lipinski definition) is 2. The van der Waals surface area contributed by atoms with Gasteiger partial charge in [-0.25, -0.2) is 0 Å². The molecule has 0 heterocycles. The monoisotopic (exact) mass is 269 g/mol. The first-order valence-electron chi connectivity index (χ1n) is 7.19. The number of amides is 1. The maximum absolute atomic E-state index is 11.8. The molecule has 104 valence electrons. The quantitative estimate of drug-likeness (QED) is 0.896. The summed E-state index contributed by atoms with van der Waals surface area (Å²) in [5.41, 5.74) is 0.872. The van der Waals surface area contributed by atoms with E-state index >= 15 is 0 Å². The van der Waals surface area contributed by atoms with Gasteiger partial charge in [-0.05, 0) is 29.2 Å². The van der Waals surface area contributed by atoms with Crippen LogP contribution in [0.15, 0.2) is 42.5 Å². The Labute approximate surface area is 118 Å². The van der Waals surface area contributed by atoms with E-state index in [1.807, 2.05) is 42.5 Å². The summed E-state index contributed by atoms with van der Waals surface area (Å²) >= 11 is 0. The Hall–Kier alpha value is -1.87. The molecule has 0 bridgehead atoms. The Kier molecular flexibility index (Phi) is 3.70. The van der Waals surface area contributed by atoms with Crippen LogP contribution in [0.1, 0.15) is 30.9 Å². The zero-order chi connectivity index (χ0) is 13.9. The maximum Gasteiger partial charge on any atom is 0.223 e. The molecular weight excluding hydrogens is 250 g/mol. The first-order valence-corrected chi connectivity index (χ1v) is 7.19. The number of aliphatic hydroxyl groups excluding tert-OH is 1. The van der Waals surface area contributed by atoms with Crippen LogP contribution in [0.25, 0.3) is 10.8 Å². The summed E-state index contributed by atoms with van der Waals surface area (Å²) in [4.78, 5) is 11.8. The highest BCUT2D eigenvalue weighted by atomic mass is 16.3. The van der Waals surface area contributed by atoms with E-state index in [1.54, 1.807) is 0 Å². The normalized spacial score (nSPS) is 16.6. The molecule has 1 aliphatic carbocycles. The minimum Gasteiger partial charge on any atom is -0.387 e. The Bertz CT molecular complexity index is 614. The molecular formula is C17H19NO2. The molecule has 3 rings (SSSR count). The highest BCUT2D eigenvalue weighted by molar-refractivity contribution is 5.86. The van der Waals surface area contributed by atoms with Crippen molar-refractivity contribution in [1.29, 1.82) is 0 Å². The fraction of sp³-hybridized carbons (Fsp3) is 0.353. The number of carbonyl (C=O) groups excluding carboxylic acids is 1. The second-order valence-electron chi connectivity index (χ2n) is 5.46. The number of benzene rings is 2. The van der Waals surface area contributed by atoms with Crippen molar-refractivity contribution < 1.29 is 9.90 Å². The van der Waals surface area contributed by atoms with E-state index in [4.69, 9.17) is 0 Å². The van der Waals surface area contributed by atoms with Crippen LogP contribution in [0.4, 0.5) is 0 Å². The molecule has 3 heteroatoms. The number of rotatable bonds is 4. The van der Waals surface area contributed by atoms with E-state index in [2.05, 4.69) is 5.32 Å². The van der Waals surface area contributed by atoms with Crippen molar-refractivity contribution in [2.45, 2.75) is 25.4 Å². The second-order valence-corrected chi connectivity index (χ2v) is 5.46.